The van der Waals surface area contributed by atoms with Gasteiger partial charge in [-0.3, -0.25) is 0 Å². The van der Waals surface area contributed by atoms with Crippen molar-refractivity contribution in [2.75, 3.05) is 6.54 Å². The fourth-order valence-corrected chi connectivity index (χ4v) is 3.10. The molecule has 3 atom stereocenters. The van der Waals surface area contributed by atoms with Gasteiger partial charge >= 0.3 is 6.09 Å². The van der Waals surface area contributed by atoms with E-state index < -0.39 is 5.60 Å². The Labute approximate surface area is 121 Å². The van der Waals surface area contributed by atoms with Crippen LogP contribution in [-0.4, -0.2) is 29.2 Å². The second kappa shape index (κ2) is 5.47. The van der Waals surface area contributed by atoms with Crippen molar-refractivity contribution in [3.63, 3.8) is 0 Å². The van der Waals surface area contributed by atoms with Crippen molar-refractivity contribution in [1.29, 1.82) is 0 Å². The Bertz CT molecular complexity index is 464. The van der Waals surface area contributed by atoms with Gasteiger partial charge in [-0.2, -0.15) is 0 Å². The molecule has 0 saturated carbocycles. The molecule has 1 aliphatic rings. The highest BCUT2D eigenvalue weighted by molar-refractivity contribution is 5.69. The molecule has 0 spiro atoms. The first kappa shape index (κ1) is 14.9. The van der Waals surface area contributed by atoms with E-state index in [0.29, 0.717) is 11.8 Å². The van der Waals surface area contributed by atoms with Crippen molar-refractivity contribution in [2.45, 2.75) is 52.2 Å². The quantitative estimate of drug-likeness (QED) is 0.774. The molecule has 0 aromatic heterocycles. The van der Waals surface area contributed by atoms with E-state index in [9.17, 15) is 4.79 Å². The van der Waals surface area contributed by atoms with Gasteiger partial charge in [0.05, 0.1) is 0 Å². The lowest BCUT2D eigenvalue weighted by atomic mass is 9.86. The molecule has 1 amide bonds. The Hall–Kier alpha value is -1.51. The molecule has 1 heterocycles. The number of likely N-dealkylation sites (tertiary alicyclic amines) is 1. The standard InChI is InChI=1S/C17H25NO2/c1-12-11-18(16(19)20-17(3,4)5)13(2)15(12)14-9-7-6-8-10-14/h6-10,12-13,15H,11H2,1-5H3/t12-,13-,15+/m1/s1. The van der Waals surface area contributed by atoms with Gasteiger partial charge in [-0.1, -0.05) is 37.3 Å². The zero-order valence-electron chi connectivity index (χ0n) is 13.1. The number of carbonyl (C=O) groups is 1. The van der Waals surface area contributed by atoms with E-state index >= 15 is 0 Å². The van der Waals surface area contributed by atoms with Crippen molar-refractivity contribution in [2.24, 2.45) is 5.92 Å². The monoisotopic (exact) mass is 275 g/mol. The highest BCUT2D eigenvalue weighted by atomic mass is 16.6. The summed E-state index contributed by atoms with van der Waals surface area (Å²) in [7, 11) is 0. The normalized spacial score (nSPS) is 26.6. The minimum atomic E-state index is -0.440. The van der Waals surface area contributed by atoms with E-state index in [0.717, 1.165) is 6.54 Å². The summed E-state index contributed by atoms with van der Waals surface area (Å²) in [6.07, 6.45) is -0.199. The largest absolute Gasteiger partial charge is 0.444 e. The molecular formula is C17H25NO2. The minimum absolute atomic E-state index is 0.169. The second-order valence-electron chi connectivity index (χ2n) is 6.79. The van der Waals surface area contributed by atoms with Gasteiger partial charge in [0.2, 0.25) is 0 Å². The Morgan fingerprint density at radius 1 is 1.20 bits per heavy atom. The highest BCUT2D eigenvalue weighted by Crippen LogP contribution is 2.38. The zero-order chi connectivity index (χ0) is 14.9. The molecule has 3 nitrogen and oxygen atoms in total. The molecule has 1 aromatic carbocycles. The van der Waals surface area contributed by atoms with Crippen molar-refractivity contribution in [1.82, 2.24) is 4.90 Å². The molecule has 0 aliphatic carbocycles. The lowest BCUT2D eigenvalue weighted by Crippen LogP contribution is -2.39. The van der Waals surface area contributed by atoms with Gasteiger partial charge in [0, 0.05) is 18.5 Å². The fourth-order valence-electron chi connectivity index (χ4n) is 3.10. The molecule has 3 heteroatoms. The topological polar surface area (TPSA) is 29.5 Å². The summed E-state index contributed by atoms with van der Waals surface area (Å²) < 4.78 is 5.51. The Morgan fingerprint density at radius 2 is 1.80 bits per heavy atom. The van der Waals surface area contributed by atoms with Crippen LogP contribution < -0.4 is 0 Å². The fraction of sp³-hybridized carbons (Fsp3) is 0.588. The predicted octanol–water partition coefficient (Wildman–Crippen LogP) is 4.05. The third-order valence-corrected chi connectivity index (χ3v) is 3.92. The van der Waals surface area contributed by atoms with Gasteiger partial charge in [0.25, 0.3) is 0 Å². The molecule has 0 unspecified atom stereocenters. The smallest absolute Gasteiger partial charge is 0.410 e. The van der Waals surface area contributed by atoms with E-state index in [-0.39, 0.29) is 12.1 Å². The summed E-state index contributed by atoms with van der Waals surface area (Å²) >= 11 is 0. The number of amides is 1. The predicted molar refractivity (Wildman–Crippen MR) is 80.7 cm³/mol. The van der Waals surface area contributed by atoms with Crippen LogP contribution in [0.3, 0.4) is 0 Å². The summed E-state index contributed by atoms with van der Waals surface area (Å²) in [4.78, 5) is 14.2. The maximum atomic E-state index is 12.3. The molecule has 110 valence electrons. The first-order valence-corrected chi connectivity index (χ1v) is 7.34. The SMILES string of the molecule is C[C@@H]1CN(C(=O)OC(C)(C)C)[C@H](C)[C@H]1c1ccccc1. The average molecular weight is 275 g/mol. The lowest BCUT2D eigenvalue weighted by Gasteiger charge is -2.28. The first-order valence-electron chi connectivity index (χ1n) is 7.34. The lowest BCUT2D eigenvalue weighted by molar-refractivity contribution is 0.0230. The van der Waals surface area contributed by atoms with Crippen LogP contribution in [0.1, 0.15) is 46.1 Å². The first-order chi connectivity index (χ1) is 9.29. The number of rotatable bonds is 1. The Morgan fingerprint density at radius 3 is 2.35 bits per heavy atom. The number of hydrogen-bond acceptors (Lipinski definition) is 2. The van der Waals surface area contributed by atoms with Crippen LogP contribution in [-0.2, 0) is 4.74 Å². The minimum Gasteiger partial charge on any atom is -0.444 e. The molecule has 1 saturated heterocycles. The second-order valence-corrected chi connectivity index (χ2v) is 6.79. The Kier molecular flexibility index (Phi) is 4.07. The molecular weight excluding hydrogens is 250 g/mol. The zero-order valence-corrected chi connectivity index (χ0v) is 13.1. The summed E-state index contributed by atoms with van der Waals surface area (Å²) in [6, 6.07) is 10.6. The third kappa shape index (κ3) is 3.14. The molecule has 0 bridgehead atoms. The van der Waals surface area contributed by atoms with Gasteiger partial charge in [0.1, 0.15) is 5.60 Å². The average Bonchev–Trinajstić information content (AvgIpc) is 2.64. The Balaban J connectivity index is 2.15. The van der Waals surface area contributed by atoms with Crippen LogP contribution in [0.15, 0.2) is 30.3 Å². The van der Waals surface area contributed by atoms with Gasteiger partial charge < -0.3 is 9.64 Å². The van der Waals surface area contributed by atoms with Gasteiger partial charge in [-0.15, -0.1) is 0 Å². The van der Waals surface area contributed by atoms with Gasteiger partial charge in [0.15, 0.2) is 0 Å². The summed E-state index contributed by atoms with van der Waals surface area (Å²) in [5, 5.41) is 0. The maximum absolute atomic E-state index is 12.3. The molecule has 1 aliphatic heterocycles. The highest BCUT2D eigenvalue weighted by Gasteiger charge is 2.41. The van der Waals surface area contributed by atoms with Crippen molar-refractivity contribution >= 4 is 6.09 Å². The third-order valence-electron chi connectivity index (χ3n) is 3.92. The van der Waals surface area contributed by atoms with Gasteiger partial charge in [-0.05, 0) is 39.2 Å². The van der Waals surface area contributed by atoms with Gasteiger partial charge in [-0.25, -0.2) is 4.79 Å². The number of nitrogens with zero attached hydrogens (tertiary/aromatic N) is 1. The summed E-state index contributed by atoms with van der Waals surface area (Å²) in [5.41, 5.74) is 0.865. The van der Waals surface area contributed by atoms with E-state index in [1.807, 2.05) is 31.7 Å². The number of carbonyl (C=O) groups excluding carboxylic acids is 1. The van der Waals surface area contributed by atoms with Crippen molar-refractivity contribution < 1.29 is 9.53 Å². The molecule has 20 heavy (non-hydrogen) atoms. The molecule has 0 N–H and O–H groups in total. The number of ether oxygens (including phenoxy) is 1. The maximum Gasteiger partial charge on any atom is 0.410 e. The molecule has 1 fully saturated rings. The van der Waals surface area contributed by atoms with Crippen LogP contribution in [0, 0.1) is 5.92 Å². The van der Waals surface area contributed by atoms with E-state index in [1.54, 1.807) is 0 Å². The van der Waals surface area contributed by atoms with Crippen LogP contribution in [0.2, 0.25) is 0 Å². The molecule has 1 aromatic rings. The molecule has 2 rings (SSSR count). The molecule has 0 radical (unpaired) electrons. The van der Waals surface area contributed by atoms with E-state index in [2.05, 4.69) is 38.1 Å². The number of benzene rings is 1. The van der Waals surface area contributed by atoms with Crippen LogP contribution in [0.25, 0.3) is 0 Å². The van der Waals surface area contributed by atoms with Crippen LogP contribution >= 0.6 is 0 Å². The van der Waals surface area contributed by atoms with Crippen molar-refractivity contribution in [3.8, 4) is 0 Å². The van der Waals surface area contributed by atoms with Crippen LogP contribution in [0.5, 0.6) is 0 Å². The summed E-state index contributed by atoms with van der Waals surface area (Å²) in [6.45, 7) is 10.8. The summed E-state index contributed by atoms with van der Waals surface area (Å²) in [5.74, 6) is 0.823. The van der Waals surface area contributed by atoms with Crippen molar-refractivity contribution in [3.05, 3.63) is 35.9 Å². The van der Waals surface area contributed by atoms with E-state index in [1.165, 1.54) is 5.56 Å². The van der Waals surface area contributed by atoms with E-state index in [4.69, 9.17) is 4.74 Å². The number of hydrogen-bond donors (Lipinski definition) is 0. The van der Waals surface area contributed by atoms with Crippen LogP contribution in [0.4, 0.5) is 4.79 Å².